The van der Waals surface area contributed by atoms with Crippen molar-refractivity contribution in [3.8, 4) is 11.5 Å². The normalized spacial score (nSPS) is 15.7. The van der Waals surface area contributed by atoms with Crippen LogP contribution in [0, 0.1) is 12.3 Å². The van der Waals surface area contributed by atoms with Gasteiger partial charge in [0.15, 0.2) is 17.3 Å². The molecule has 38 heavy (non-hydrogen) atoms. The maximum Gasteiger partial charge on any atom is 0.283 e. The van der Waals surface area contributed by atoms with Crippen LogP contribution in [0.25, 0.3) is 6.08 Å². The fraction of sp³-hybridized carbons (Fsp3) is 0.138. The third kappa shape index (κ3) is 5.14. The minimum absolute atomic E-state index is 0.0460. The number of benzene rings is 2. The van der Waals surface area contributed by atoms with Gasteiger partial charge in [0.1, 0.15) is 11.7 Å². The van der Waals surface area contributed by atoms with Gasteiger partial charge in [0.25, 0.3) is 5.91 Å². The number of ether oxygens (including phenoxy) is 2. The van der Waals surface area contributed by atoms with Crippen LogP contribution < -0.4 is 9.47 Å². The quantitative estimate of drug-likeness (QED) is 0.315. The topological polar surface area (TPSA) is 100 Å². The Bertz CT molecular complexity index is 1510. The van der Waals surface area contributed by atoms with Crippen LogP contribution in [0.4, 0.5) is 0 Å². The van der Waals surface area contributed by atoms with E-state index in [4.69, 9.17) is 14.9 Å². The van der Waals surface area contributed by atoms with E-state index in [1.54, 1.807) is 37.7 Å². The Balaban J connectivity index is 1.45. The molecule has 0 radical (unpaired) electrons. The molecular weight excluding hydrogens is 498 g/mol. The number of aliphatic imine (C=N–C) groups is 1. The molecule has 0 fully saturated rings. The van der Waals surface area contributed by atoms with Crippen molar-refractivity contribution in [3.05, 3.63) is 107 Å². The lowest BCUT2D eigenvalue weighted by Gasteiger charge is -2.20. The van der Waals surface area contributed by atoms with E-state index in [0.717, 1.165) is 16.7 Å². The molecule has 0 spiro atoms. The van der Waals surface area contributed by atoms with Gasteiger partial charge in [0, 0.05) is 23.5 Å². The molecule has 0 saturated carbocycles. The van der Waals surface area contributed by atoms with E-state index in [1.165, 1.54) is 22.3 Å². The lowest BCUT2D eigenvalue weighted by atomic mass is 10.0. The second-order valence-corrected chi connectivity index (χ2v) is 9.60. The number of amides is 1. The van der Waals surface area contributed by atoms with Gasteiger partial charge in [-0.1, -0.05) is 35.9 Å². The van der Waals surface area contributed by atoms with Crippen LogP contribution in [0.2, 0.25) is 0 Å². The first-order valence-electron chi connectivity index (χ1n) is 11.9. The number of methoxy groups -OCH3 is 1. The van der Waals surface area contributed by atoms with Crippen LogP contribution in [-0.2, 0) is 17.8 Å². The van der Waals surface area contributed by atoms with E-state index in [2.05, 4.69) is 21.7 Å². The number of hydrogen-bond donors (Lipinski definition) is 1. The molecule has 3 heterocycles. The number of rotatable bonds is 8. The summed E-state index contributed by atoms with van der Waals surface area (Å²) in [6.07, 6.45) is 7.31. The Labute approximate surface area is 224 Å². The minimum atomic E-state index is -0.500. The number of nitrogens with one attached hydrogen (secondary N) is 1. The van der Waals surface area contributed by atoms with Crippen molar-refractivity contribution in [1.29, 1.82) is 5.41 Å². The summed E-state index contributed by atoms with van der Waals surface area (Å²) < 4.78 is 11.8. The summed E-state index contributed by atoms with van der Waals surface area (Å²) in [4.78, 5) is 21.2. The van der Waals surface area contributed by atoms with E-state index in [9.17, 15) is 4.79 Å². The highest BCUT2D eigenvalue weighted by Gasteiger charge is 2.36. The summed E-state index contributed by atoms with van der Waals surface area (Å²) in [5, 5.41) is 15.6. The van der Waals surface area contributed by atoms with Crippen molar-refractivity contribution in [2.75, 3.05) is 7.11 Å². The first-order valence-corrected chi connectivity index (χ1v) is 12.7. The monoisotopic (exact) mass is 523 g/mol. The Hall–Kier alpha value is -4.50. The summed E-state index contributed by atoms with van der Waals surface area (Å²) in [5.74, 6) is 0.591. The number of aromatic nitrogens is 1. The van der Waals surface area contributed by atoms with Crippen LogP contribution >= 0.6 is 11.8 Å². The number of fused-ring (bicyclic) bond motifs is 1. The smallest absolute Gasteiger partial charge is 0.283 e. The molecular formula is C29H25N5O3S. The molecule has 9 heteroatoms. The molecule has 2 aliphatic rings. The number of thioether (sulfide) groups is 1. The standard InChI is InChI=1S/C29H25N5O3S/c1-4-6-21-13-20(15-24(36-3)25(21)37-17-19-10-8-18(2)9-11-19)14-23-26(30)34-29(32-27(23)35)38-28(33-34)22-7-5-12-31-16-22/h4-5,7-16,30H,1,6,17H2,2-3H3/b23-14-,30-26?. The van der Waals surface area contributed by atoms with Crippen LogP contribution in [0.3, 0.4) is 0 Å². The maximum absolute atomic E-state index is 12.9. The van der Waals surface area contributed by atoms with Crippen molar-refractivity contribution in [2.24, 2.45) is 10.1 Å². The third-order valence-electron chi connectivity index (χ3n) is 5.92. The zero-order chi connectivity index (χ0) is 26.6. The molecule has 0 atom stereocenters. The van der Waals surface area contributed by atoms with E-state index in [1.807, 2.05) is 49.4 Å². The predicted octanol–water partition coefficient (Wildman–Crippen LogP) is 5.37. The molecule has 0 unspecified atom stereocenters. The number of hydrogen-bond acceptors (Lipinski definition) is 7. The third-order valence-corrected chi connectivity index (χ3v) is 6.87. The zero-order valence-electron chi connectivity index (χ0n) is 21.0. The summed E-state index contributed by atoms with van der Waals surface area (Å²) in [7, 11) is 1.57. The highest BCUT2D eigenvalue weighted by atomic mass is 32.2. The average molecular weight is 524 g/mol. The molecule has 2 aliphatic heterocycles. The van der Waals surface area contributed by atoms with Gasteiger partial charge < -0.3 is 9.47 Å². The molecule has 0 bridgehead atoms. The summed E-state index contributed by atoms with van der Waals surface area (Å²) in [6, 6.07) is 15.5. The highest BCUT2D eigenvalue weighted by Crippen LogP contribution is 2.36. The molecule has 1 aromatic heterocycles. The number of nitrogens with zero attached hydrogens (tertiary/aromatic N) is 4. The Morgan fingerprint density at radius 3 is 2.71 bits per heavy atom. The van der Waals surface area contributed by atoms with Gasteiger partial charge in [-0.2, -0.15) is 15.1 Å². The molecule has 1 N–H and O–H groups in total. The van der Waals surface area contributed by atoms with Gasteiger partial charge in [0.2, 0.25) is 5.17 Å². The minimum Gasteiger partial charge on any atom is -0.493 e. The van der Waals surface area contributed by atoms with Gasteiger partial charge in [-0.15, -0.1) is 6.58 Å². The molecule has 8 nitrogen and oxygen atoms in total. The fourth-order valence-electron chi connectivity index (χ4n) is 3.99. The highest BCUT2D eigenvalue weighted by molar-refractivity contribution is 8.27. The van der Waals surface area contributed by atoms with Gasteiger partial charge in [0.05, 0.1) is 12.7 Å². The number of pyridine rings is 1. The van der Waals surface area contributed by atoms with E-state index >= 15 is 0 Å². The summed E-state index contributed by atoms with van der Waals surface area (Å²) >= 11 is 1.23. The van der Waals surface area contributed by atoms with Crippen molar-refractivity contribution >= 4 is 39.8 Å². The SMILES string of the molecule is C=CCc1cc(/C=C2/C(=N)N3N=C(c4cccnc4)SC3=NC2=O)cc(OC)c1OCc1ccc(C)cc1. The first kappa shape index (κ1) is 25.2. The van der Waals surface area contributed by atoms with Crippen molar-refractivity contribution in [1.82, 2.24) is 9.99 Å². The molecule has 0 aliphatic carbocycles. The van der Waals surface area contributed by atoms with E-state index in [-0.39, 0.29) is 11.4 Å². The number of carbonyl (C=O) groups excluding carboxylic acids is 1. The lowest BCUT2D eigenvalue weighted by molar-refractivity contribution is -0.114. The zero-order valence-corrected chi connectivity index (χ0v) is 21.8. The van der Waals surface area contributed by atoms with Crippen LogP contribution in [0.1, 0.15) is 27.8 Å². The lowest BCUT2D eigenvalue weighted by Crippen LogP contribution is -2.35. The molecule has 3 aromatic rings. The Morgan fingerprint density at radius 2 is 2.00 bits per heavy atom. The van der Waals surface area contributed by atoms with Crippen LogP contribution in [-0.4, -0.2) is 39.1 Å². The van der Waals surface area contributed by atoms with Crippen molar-refractivity contribution in [3.63, 3.8) is 0 Å². The van der Waals surface area contributed by atoms with Crippen LogP contribution in [0.15, 0.2) is 89.2 Å². The second-order valence-electron chi connectivity index (χ2n) is 8.65. The van der Waals surface area contributed by atoms with Gasteiger partial charge in [-0.3, -0.25) is 15.2 Å². The summed E-state index contributed by atoms with van der Waals surface area (Å²) in [6.45, 7) is 6.30. The van der Waals surface area contributed by atoms with E-state index in [0.29, 0.717) is 40.3 Å². The van der Waals surface area contributed by atoms with Crippen molar-refractivity contribution < 1.29 is 14.3 Å². The fourth-order valence-corrected chi connectivity index (χ4v) is 4.88. The van der Waals surface area contributed by atoms with Gasteiger partial charge in [-0.25, -0.2) is 0 Å². The number of aryl methyl sites for hydroxylation is 1. The molecule has 1 amide bonds. The molecule has 2 aromatic carbocycles. The number of allylic oxidation sites excluding steroid dienone is 1. The van der Waals surface area contributed by atoms with Gasteiger partial charge in [-0.05, 0) is 66.6 Å². The van der Waals surface area contributed by atoms with Crippen LogP contribution in [0.5, 0.6) is 11.5 Å². The number of hydrazone groups is 1. The summed E-state index contributed by atoms with van der Waals surface area (Å²) in [5.41, 5.74) is 4.67. The average Bonchev–Trinajstić information content (AvgIpc) is 3.36. The molecule has 5 rings (SSSR count). The molecule has 190 valence electrons. The Kier molecular flexibility index (Phi) is 7.19. The predicted molar refractivity (Wildman–Crippen MR) is 151 cm³/mol. The first-order chi connectivity index (χ1) is 18.5. The molecule has 0 saturated heterocycles. The largest absolute Gasteiger partial charge is 0.493 e. The Morgan fingerprint density at radius 1 is 1.18 bits per heavy atom. The number of carbonyl (C=O) groups is 1. The van der Waals surface area contributed by atoms with Crippen molar-refractivity contribution in [2.45, 2.75) is 20.0 Å². The second kappa shape index (κ2) is 10.9. The van der Waals surface area contributed by atoms with Gasteiger partial charge >= 0.3 is 0 Å². The maximum atomic E-state index is 12.9. The van der Waals surface area contributed by atoms with E-state index < -0.39 is 5.91 Å². The number of amidine groups is 2.